The maximum Gasteiger partial charge on any atom is 0.326 e. The number of aliphatic carboxylic acids is 1. The van der Waals surface area contributed by atoms with Gasteiger partial charge in [-0.25, -0.2) is 13.2 Å². The van der Waals surface area contributed by atoms with Crippen LogP contribution in [0.4, 0.5) is 0 Å². The Morgan fingerprint density at radius 3 is 2.22 bits per heavy atom. The largest absolute Gasteiger partial charge is 0.508 e. The third-order valence-electron chi connectivity index (χ3n) is 5.32. The summed E-state index contributed by atoms with van der Waals surface area (Å²) < 4.78 is 26.3. The summed E-state index contributed by atoms with van der Waals surface area (Å²) in [6, 6.07) is 18.4. The molecule has 0 bridgehead atoms. The van der Waals surface area contributed by atoms with Crippen molar-refractivity contribution in [1.82, 2.24) is 9.62 Å². The maximum absolute atomic E-state index is 12.7. The van der Waals surface area contributed by atoms with Crippen LogP contribution in [0.2, 0.25) is 0 Å². The lowest BCUT2D eigenvalue weighted by Gasteiger charge is -2.19. The van der Waals surface area contributed by atoms with Crippen molar-refractivity contribution in [3.63, 3.8) is 0 Å². The van der Waals surface area contributed by atoms with E-state index in [1.54, 1.807) is 60.7 Å². The molecule has 186 valence electrons. The van der Waals surface area contributed by atoms with E-state index in [0.717, 1.165) is 9.87 Å². The molecule has 3 aromatic carbocycles. The van der Waals surface area contributed by atoms with Gasteiger partial charge in [-0.3, -0.25) is 4.79 Å². The Bertz CT molecular complexity index is 1410. The number of phenolic OH excluding ortho intramolecular Hbond substituents is 1. The topological polar surface area (TPSA) is 124 Å². The molecular formula is C27H26N2O6S. The van der Waals surface area contributed by atoms with Crippen molar-refractivity contribution in [2.24, 2.45) is 0 Å². The summed E-state index contributed by atoms with van der Waals surface area (Å²) in [6.45, 7) is 1.31. The van der Waals surface area contributed by atoms with Gasteiger partial charge in [-0.15, -0.1) is 0 Å². The molecule has 1 unspecified atom stereocenters. The van der Waals surface area contributed by atoms with E-state index in [0.29, 0.717) is 16.7 Å². The van der Waals surface area contributed by atoms with Crippen LogP contribution >= 0.6 is 0 Å². The standard InChI is InChI=1S/C27H26N2O6S/c1-19-6-14-24(15-7-19)36(34,35)29(2)18-26(31)28-25(27(32)33)17-22-12-9-20(10-13-22)8-11-21-4-3-5-23(30)16-21/h3-7,9-10,12-16,25,30H,17-18H2,1-2H3,(H,28,31)(H,32,33). The third kappa shape index (κ3) is 7.18. The van der Waals surface area contributed by atoms with Crippen LogP contribution in [0.5, 0.6) is 5.75 Å². The second-order valence-electron chi connectivity index (χ2n) is 8.23. The van der Waals surface area contributed by atoms with E-state index in [2.05, 4.69) is 17.2 Å². The highest BCUT2D eigenvalue weighted by atomic mass is 32.2. The van der Waals surface area contributed by atoms with Crippen LogP contribution in [-0.4, -0.2) is 54.4 Å². The number of nitrogens with zero attached hydrogens (tertiary/aromatic N) is 1. The Balaban J connectivity index is 1.62. The zero-order valence-electron chi connectivity index (χ0n) is 19.8. The predicted octanol–water partition coefficient (Wildman–Crippen LogP) is 2.53. The van der Waals surface area contributed by atoms with E-state index < -0.39 is 34.5 Å². The summed E-state index contributed by atoms with van der Waals surface area (Å²) in [5.74, 6) is 4.06. The van der Waals surface area contributed by atoms with Crippen molar-refractivity contribution in [3.05, 3.63) is 95.1 Å². The SMILES string of the molecule is Cc1ccc(S(=O)(=O)N(C)CC(=O)NC(Cc2ccc(C#Cc3cccc(O)c3)cc2)C(=O)O)cc1. The average Bonchev–Trinajstić information content (AvgIpc) is 2.83. The van der Waals surface area contributed by atoms with Crippen LogP contribution in [0.1, 0.15) is 22.3 Å². The third-order valence-corrected chi connectivity index (χ3v) is 7.14. The minimum Gasteiger partial charge on any atom is -0.508 e. The van der Waals surface area contributed by atoms with Gasteiger partial charge in [-0.2, -0.15) is 4.31 Å². The number of hydrogen-bond acceptors (Lipinski definition) is 5. The normalized spacial score (nSPS) is 11.9. The van der Waals surface area contributed by atoms with E-state index >= 15 is 0 Å². The lowest BCUT2D eigenvalue weighted by atomic mass is 10.0. The number of likely N-dealkylation sites (N-methyl/N-ethyl adjacent to an activating group) is 1. The summed E-state index contributed by atoms with van der Waals surface area (Å²) in [6.07, 6.45) is 0.00969. The first-order valence-corrected chi connectivity index (χ1v) is 12.4. The van der Waals surface area contributed by atoms with Crippen LogP contribution in [0.3, 0.4) is 0 Å². The summed E-state index contributed by atoms with van der Waals surface area (Å²) in [7, 11) is -2.64. The first-order chi connectivity index (χ1) is 17.0. The quantitative estimate of drug-likeness (QED) is 0.404. The molecule has 9 heteroatoms. The number of benzene rings is 3. The summed E-state index contributed by atoms with van der Waals surface area (Å²) in [5.41, 5.74) is 2.91. The molecule has 0 saturated carbocycles. The van der Waals surface area contributed by atoms with Crippen molar-refractivity contribution in [2.45, 2.75) is 24.3 Å². The van der Waals surface area contributed by atoms with Crippen molar-refractivity contribution in [3.8, 4) is 17.6 Å². The average molecular weight is 507 g/mol. The second-order valence-corrected chi connectivity index (χ2v) is 10.3. The fourth-order valence-corrected chi connectivity index (χ4v) is 4.43. The fourth-order valence-electron chi connectivity index (χ4n) is 3.31. The molecule has 0 heterocycles. The molecule has 0 aromatic heterocycles. The second kappa shape index (κ2) is 11.5. The minimum atomic E-state index is -3.90. The van der Waals surface area contributed by atoms with Gasteiger partial charge in [0, 0.05) is 24.6 Å². The molecule has 36 heavy (non-hydrogen) atoms. The number of carboxylic acid groups (broad SMARTS) is 1. The summed E-state index contributed by atoms with van der Waals surface area (Å²) in [5, 5.41) is 21.5. The molecule has 0 aliphatic carbocycles. The molecule has 0 fully saturated rings. The maximum atomic E-state index is 12.7. The number of phenols is 1. The number of sulfonamides is 1. The van der Waals surface area contributed by atoms with Gasteiger partial charge in [0.25, 0.3) is 0 Å². The zero-order valence-corrected chi connectivity index (χ0v) is 20.6. The van der Waals surface area contributed by atoms with Crippen LogP contribution < -0.4 is 5.32 Å². The Morgan fingerprint density at radius 2 is 1.61 bits per heavy atom. The number of hydrogen-bond donors (Lipinski definition) is 3. The van der Waals surface area contributed by atoms with Crippen molar-refractivity contribution in [2.75, 3.05) is 13.6 Å². The number of carboxylic acids is 1. The number of rotatable bonds is 8. The van der Waals surface area contributed by atoms with Gasteiger partial charge in [-0.05, 0) is 55.0 Å². The van der Waals surface area contributed by atoms with Gasteiger partial charge in [-0.1, -0.05) is 47.7 Å². The summed E-state index contributed by atoms with van der Waals surface area (Å²) in [4.78, 5) is 24.3. The highest BCUT2D eigenvalue weighted by Gasteiger charge is 2.26. The number of nitrogens with one attached hydrogen (secondary N) is 1. The van der Waals surface area contributed by atoms with Gasteiger partial charge in [0.05, 0.1) is 11.4 Å². The first-order valence-electron chi connectivity index (χ1n) is 11.0. The van der Waals surface area contributed by atoms with Gasteiger partial charge in [0.15, 0.2) is 0 Å². The van der Waals surface area contributed by atoms with Gasteiger partial charge < -0.3 is 15.5 Å². The molecule has 1 amide bonds. The Labute approximate surface area is 210 Å². The van der Waals surface area contributed by atoms with Crippen molar-refractivity contribution in [1.29, 1.82) is 0 Å². The number of aromatic hydroxyl groups is 1. The highest BCUT2D eigenvalue weighted by Crippen LogP contribution is 2.15. The number of carbonyl (C=O) groups is 2. The minimum absolute atomic E-state index is 0.00969. The van der Waals surface area contributed by atoms with Crippen LogP contribution in [0.15, 0.2) is 77.7 Å². The van der Waals surface area contributed by atoms with Crippen LogP contribution in [-0.2, 0) is 26.0 Å². The Morgan fingerprint density at radius 1 is 0.972 bits per heavy atom. The van der Waals surface area contributed by atoms with E-state index in [-0.39, 0.29) is 17.1 Å². The number of amides is 1. The smallest absolute Gasteiger partial charge is 0.326 e. The van der Waals surface area contributed by atoms with E-state index in [4.69, 9.17) is 0 Å². The molecule has 0 radical (unpaired) electrons. The predicted molar refractivity (Wildman–Crippen MR) is 135 cm³/mol. The van der Waals surface area contributed by atoms with Gasteiger partial charge in [0.1, 0.15) is 11.8 Å². The van der Waals surface area contributed by atoms with Crippen LogP contribution in [0.25, 0.3) is 0 Å². The lowest BCUT2D eigenvalue weighted by molar-refractivity contribution is -0.141. The van der Waals surface area contributed by atoms with Gasteiger partial charge >= 0.3 is 5.97 Å². The van der Waals surface area contributed by atoms with E-state index in [9.17, 15) is 28.2 Å². The molecule has 1 atom stereocenters. The molecular weight excluding hydrogens is 480 g/mol. The molecule has 0 aliphatic heterocycles. The molecule has 3 rings (SSSR count). The molecule has 3 aromatic rings. The fraction of sp³-hybridized carbons (Fsp3) is 0.185. The monoisotopic (exact) mass is 506 g/mol. The van der Waals surface area contributed by atoms with Crippen molar-refractivity contribution < 1.29 is 28.2 Å². The summed E-state index contributed by atoms with van der Waals surface area (Å²) >= 11 is 0. The molecule has 3 N–H and O–H groups in total. The molecule has 8 nitrogen and oxygen atoms in total. The van der Waals surface area contributed by atoms with E-state index in [1.807, 2.05) is 6.92 Å². The first kappa shape index (κ1) is 26.5. The number of aryl methyl sites for hydroxylation is 1. The lowest BCUT2D eigenvalue weighted by Crippen LogP contribution is -2.46. The molecule has 0 aliphatic rings. The van der Waals surface area contributed by atoms with Crippen molar-refractivity contribution >= 4 is 21.9 Å². The zero-order chi connectivity index (χ0) is 26.3. The highest BCUT2D eigenvalue weighted by molar-refractivity contribution is 7.89. The Kier molecular flexibility index (Phi) is 8.48. The number of carbonyl (C=O) groups excluding carboxylic acids is 1. The van der Waals surface area contributed by atoms with E-state index in [1.165, 1.54) is 19.2 Å². The molecule has 0 spiro atoms. The molecule has 0 saturated heterocycles. The van der Waals surface area contributed by atoms with Crippen LogP contribution in [0, 0.1) is 18.8 Å². The Hall–Kier alpha value is -4.13. The van der Waals surface area contributed by atoms with Gasteiger partial charge in [0.2, 0.25) is 15.9 Å².